The van der Waals surface area contributed by atoms with Gasteiger partial charge in [-0.05, 0) is 17.5 Å². The van der Waals surface area contributed by atoms with Gasteiger partial charge in [0.25, 0.3) is 0 Å². The molecule has 18 heavy (non-hydrogen) atoms. The van der Waals surface area contributed by atoms with E-state index in [0.717, 1.165) is 5.56 Å². The van der Waals surface area contributed by atoms with Crippen molar-refractivity contribution in [2.24, 2.45) is 5.11 Å². The molecule has 0 spiro atoms. The van der Waals surface area contributed by atoms with Crippen LogP contribution >= 0.6 is 11.6 Å². The van der Waals surface area contributed by atoms with Gasteiger partial charge in [-0.1, -0.05) is 35.4 Å². The molecular weight excluding hydrogens is 252 g/mol. The molecule has 0 N–H and O–H groups in total. The third kappa shape index (κ3) is 2.58. The first-order chi connectivity index (χ1) is 8.65. The van der Waals surface area contributed by atoms with Crippen LogP contribution in [0.25, 0.3) is 10.4 Å². The molecule has 1 saturated heterocycles. The van der Waals surface area contributed by atoms with Crippen LogP contribution in [0.2, 0.25) is 0 Å². The lowest BCUT2D eigenvalue weighted by Crippen LogP contribution is -2.37. The van der Waals surface area contributed by atoms with Gasteiger partial charge >= 0.3 is 0 Å². The monoisotopic (exact) mass is 264 g/mol. The van der Waals surface area contributed by atoms with Gasteiger partial charge in [0.1, 0.15) is 4.87 Å². The number of hydrogen-bond donors (Lipinski definition) is 0. The molecule has 94 valence electrons. The summed E-state index contributed by atoms with van der Waals surface area (Å²) < 4.78 is 0. The molecule has 1 aromatic carbocycles. The van der Waals surface area contributed by atoms with Crippen molar-refractivity contribution in [1.29, 1.82) is 0 Å². The van der Waals surface area contributed by atoms with Crippen LogP contribution in [0.1, 0.15) is 12.0 Å². The largest absolute Gasteiger partial charge is 0.337 e. The number of benzene rings is 1. The zero-order chi connectivity index (χ0) is 13.0. The summed E-state index contributed by atoms with van der Waals surface area (Å²) in [4.78, 5) is 15.5. The van der Waals surface area contributed by atoms with Gasteiger partial charge in [0, 0.05) is 18.0 Å². The molecule has 1 aliphatic heterocycles. The van der Waals surface area contributed by atoms with Crippen LogP contribution in [0.15, 0.2) is 35.4 Å². The Kier molecular flexibility index (Phi) is 3.75. The first-order valence-corrected chi connectivity index (χ1v) is 6.06. The molecule has 0 radical (unpaired) electrons. The van der Waals surface area contributed by atoms with Gasteiger partial charge < -0.3 is 4.90 Å². The van der Waals surface area contributed by atoms with E-state index >= 15 is 0 Å². The summed E-state index contributed by atoms with van der Waals surface area (Å²) in [6.07, 6.45) is 0.513. The van der Waals surface area contributed by atoms with E-state index in [2.05, 4.69) is 10.0 Å². The van der Waals surface area contributed by atoms with E-state index in [1.807, 2.05) is 30.3 Å². The van der Waals surface area contributed by atoms with Gasteiger partial charge in [0.15, 0.2) is 0 Å². The lowest BCUT2D eigenvalue weighted by Gasteiger charge is -2.19. The van der Waals surface area contributed by atoms with Gasteiger partial charge in [-0.2, -0.15) is 0 Å². The molecule has 2 rings (SSSR count). The molecule has 1 heterocycles. The van der Waals surface area contributed by atoms with Gasteiger partial charge in [-0.25, -0.2) is 0 Å². The van der Waals surface area contributed by atoms with E-state index in [4.69, 9.17) is 17.1 Å². The van der Waals surface area contributed by atoms with Crippen molar-refractivity contribution < 1.29 is 4.79 Å². The Morgan fingerprint density at radius 3 is 2.83 bits per heavy atom. The van der Waals surface area contributed by atoms with Crippen molar-refractivity contribution in [3.8, 4) is 0 Å². The minimum atomic E-state index is -1.05. The number of nitrogens with zero attached hydrogens (tertiary/aromatic N) is 4. The summed E-state index contributed by atoms with van der Waals surface area (Å²) in [6, 6.07) is 9.74. The standard InChI is InChI=1S/C12H13ClN4O/c13-12(9-15-16-14)6-7-17(11(12)18)8-10-4-2-1-3-5-10/h1-5H,6-9H2. The topological polar surface area (TPSA) is 69.1 Å². The molecule has 5 nitrogen and oxygen atoms in total. The lowest BCUT2D eigenvalue weighted by atomic mass is 10.1. The quantitative estimate of drug-likeness (QED) is 0.357. The van der Waals surface area contributed by atoms with E-state index in [1.54, 1.807) is 4.90 Å². The maximum atomic E-state index is 12.1. The Morgan fingerprint density at radius 1 is 1.44 bits per heavy atom. The van der Waals surface area contributed by atoms with Crippen molar-refractivity contribution in [3.05, 3.63) is 46.3 Å². The number of rotatable bonds is 4. The molecule has 1 atom stereocenters. The van der Waals surface area contributed by atoms with Crippen LogP contribution in [0.5, 0.6) is 0 Å². The highest BCUT2D eigenvalue weighted by Gasteiger charge is 2.44. The molecule has 6 heteroatoms. The number of azide groups is 1. The molecular formula is C12H13ClN4O. The summed E-state index contributed by atoms with van der Waals surface area (Å²) in [6.45, 7) is 1.15. The Morgan fingerprint density at radius 2 is 2.17 bits per heavy atom. The second kappa shape index (κ2) is 5.29. The van der Waals surface area contributed by atoms with Crippen LogP contribution in [0.4, 0.5) is 0 Å². The molecule has 1 unspecified atom stereocenters. The average molecular weight is 265 g/mol. The minimum Gasteiger partial charge on any atom is -0.337 e. The summed E-state index contributed by atoms with van der Waals surface area (Å²) >= 11 is 6.20. The third-order valence-corrected chi connectivity index (χ3v) is 3.52. The van der Waals surface area contributed by atoms with Gasteiger partial charge in [-0.3, -0.25) is 4.79 Å². The van der Waals surface area contributed by atoms with Gasteiger partial charge in [0.2, 0.25) is 5.91 Å². The van der Waals surface area contributed by atoms with Crippen molar-refractivity contribution in [1.82, 2.24) is 4.90 Å². The van der Waals surface area contributed by atoms with Crippen LogP contribution in [0, 0.1) is 0 Å². The SMILES string of the molecule is [N-]=[N+]=NCC1(Cl)CCN(Cc2ccccc2)C1=O. The van der Waals surface area contributed by atoms with Crippen LogP contribution in [-0.2, 0) is 11.3 Å². The average Bonchev–Trinajstić information content (AvgIpc) is 2.67. The second-order valence-electron chi connectivity index (χ2n) is 4.32. The molecule has 0 saturated carbocycles. The number of halogens is 1. The molecule has 1 aromatic rings. The maximum Gasteiger partial charge on any atom is 0.244 e. The number of alkyl halides is 1. The molecule has 0 aliphatic carbocycles. The highest BCUT2D eigenvalue weighted by atomic mass is 35.5. The van der Waals surface area contributed by atoms with Crippen molar-refractivity contribution in [2.75, 3.05) is 13.1 Å². The number of likely N-dealkylation sites (tertiary alicyclic amines) is 1. The van der Waals surface area contributed by atoms with Crippen molar-refractivity contribution in [2.45, 2.75) is 17.8 Å². The number of carbonyl (C=O) groups excluding carboxylic acids is 1. The number of amides is 1. The fourth-order valence-electron chi connectivity index (χ4n) is 2.05. The van der Waals surface area contributed by atoms with Crippen LogP contribution in [0.3, 0.4) is 0 Å². The van der Waals surface area contributed by atoms with E-state index in [-0.39, 0.29) is 12.5 Å². The number of carbonyl (C=O) groups is 1. The summed E-state index contributed by atoms with van der Waals surface area (Å²) in [5.41, 5.74) is 9.37. The van der Waals surface area contributed by atoms with E-state index in [9.17, 15) is 4.79 Å². The Labute approximate surface area is 110 Å². The number of hydrogen-bond acceptors (Lipinski definition) is 2. The highest BCUT2D eigenvalue weighted by molar-refractivity contribution is 6.35. The fraction of sp³-hybridized carbons (Fsp3) is 0.417. The molecule has 1 aliphatic rings. The molecule has 0 aromatic heterocycles. The van der Waals surface area contributed by atoms with Gasteiger partial charge in [-0.15, -0.1) is 11.6 Å². The van der Waals surface area contributed by atoms with Gasteiger partial charge in [0.05, 0.1) is 6.54 Å². The fourth-order valence-corrected chi connectivity index (χ4v) is 2.31. The lowest BCUT2D eigenvalue weighted by molar-refractivity contribution is -0.130. The van der Waals surface area contributed by atoms with E-state index < -0.39 is 4.87 Å². The first-order valence-electron chi connectivity index (χ1n) is 5.69. The molecule has 1 amide bonds. The van der Waals surface area contributed by atoms with E-state index in [1.165, 1.54) is 0 Å². The minimum absolute atomic E-state index is 0.00911. The summed E-state index contributed by atoms with van der Waals surface area (Å²) in [5.74, 6) is -0.152. The molecule has 1 fully saturated rings. The zero-order valence-corrected chi connectivity index (χ0v) is 10.5. The highest BCUT2D eigenvalue weighted by Crippen LogP contribution is 2.31. The zero-order valence-electron chi connectivity index (χ0n) is 9.79. The second-order valence-corrected chi connectivity index (χ2v) is 5.04. The maximum absolute atomic E-state index is 12.1. The van der Waals surface area contributed by atoms with Crippen molar-refractivity contribution >= 4 is 17.5 Å². The summed E-state index contributed by atoms with van der Waals surface area (Å²) in [5, 5.41) is 3.42. The predicted octanol–water partition coefficient (Wildman–Crippen LogP) is 2.71. The Bertz CT molecular complexity index is 486. The van der Waals surface area contributed by atoms with Crippen LogP contribution in [-0.4, -0.2) is 28.8 Å². The Hall–Kier alpha value is -1.71. The van der Waals surface area contributed by atoms with Crippen LogP contribution < -0.4 is 0 Å². The third-order valence-electron chi connectivity index (χ3n) is 3.05. The van der Waals surface area contributed by atoms with E-state index in [0.29, 0.717) is 19.5 Å². The molecule has 0 bridgehead atoms. The Balaban J connectivity index is 2.05. The van der Waals surface area contributed by atoms with Crippen molar-refractivity contribution in [3.63, 3.8) is 0 Å². The first kappa shape index (κ1) is 12.7. The normalized spacial score (nSPS) is 22.9. The predicted molar refractivity (Wildman–Crippen MR) is 69.1 cm³/mol. The smallest absolute Gasteiger partial charge is 0.244 e. The summed E-state index contributed by atoms with van der Waals surface area (Å²) in [7, 11) is 0.